The molecule has 2 rings (SSSR count). The molecule has 0 radical (unpaired) electrons. The third-order valence-electron chi connectivity index (χ3n) is 4.26. The van der Waals surface area contributed by atoms with E-state index < -0.39 is 17.2 Å². The molecule has 0 heterocycles. The topological polar surface area (TPSA) is 69.7 Å². The van der Waals surface area contributed by atoms with Crippen molar-refractivity contribution in [3.8, 4) is 0 Å². The number of carbonyl (C=O) groups excluding carboxylic acids is 3. The Morgan fingerprint density at radius 2 is 1.41 bits per heavy atom. The summed E-state index contributed by atoms with van der Waals surface area (Å²) in [5.74, 6) is -1.45. The normalized spacial score (nSPS) is 12.8. The zero-order chi connectivity index (χ0) is 19.7. The first-order chi connectivity index (χ1) is 13.0. The number of hydrogen-bond acceptors (Lipinski definition) is 5. The summed E-state index contributed by atoms with van der Waals surface area (Å²) >= 11 is 0. The fraction of sp³-hybridized carbons (Fsp3) is 0.318. The fourth-order valence-electron chi connectivity index (χ4n) is 2.70. The second-order valence-electron chi connectivity index (χ2n) is 6.33. The number of ether oxygens (including phenoxy) is 2. The molecule has 0 aliphatic carbocycles. The lowest BCUT2D eigenvalue weighted by Crippen LogP contribution is -2.40. The standard InChI is InChI=1S/C22H24O5/c1-3-26-14-15-27-21(25)22(2,20(24)18-12-8-5-9-13-18)16-19(23)17-10-6-4-7-11-17/h4-13H,3,14-16H2,1-2H3. The second-order valence-corrected chi connectivity index (χ2v) is 6.33. The number of hydrogen-bond donors (Lipinski definition) is 0. The van der Waals surface area contributed by atoms with Gasteiger partial charge in [-0.25, -0.2) is 0 Å². The Morgan fingerprint density at radius 3 is 1.96 bits per heavy atom. The second kappa shape index (κ2) is 9.78. The van der Waals surface area contributed by atoms with Gasteiger partial charge >= 0.3 is 5.97 Å². The van der Waals surface area contributed by atoms with Gasteiger partial charge < -0.3 is 9.47 Å². The fourth-order valence-corrected chi connectivity index (χ4v) is 2.70. The Bertz CT molecular complexity index is 770. The van der Waals surface area contributed by atoms with Gasteiger partial charge in [-0.1, -0.05) is 60.7 Å². The van der Waals surface area contributed by atoms with Crippen LogP contribution in [0.4, 0.5) is 0 Å². The molecule has 0 aliphatic heterocycles. The van der Waals surface area contributed by atoms with Crippen LogP contribution in [-0.2, 0) is 14.3 Å². The van der Waals surface area contributed by atoms with Crippen LogP contribution in [0.1, 0.15) is 41.0 Å². The molecule has 0 aliphatic rings. The van der Waals surface area contributed by atoms with Crippen molar-refractivity contribution >= 4 is 17.5 Å². The highest BCUT2D eigenvalue weighted by Gasteiger charge is 2.44. The molecule has 0 N–H and O–H groups in total. The van der Waals surface area contributed by atoms with Crippen molar-refractivity contribution in [2.75, 3.05) is 19.8 Å². The van der Waals surface area contributed by atoms with Gasteiger partial charge in [0.25, 0.3) is 0 Å². The molecule has 0 amide bonds. The van der Waals surface area contributed by atoms with Crippen LogP contribution in [0, 0.1) is 5.41 Å². The van der Waals surface area contributed by atoms with E-state index in [1.807, 2.05) is 6.92 Å². The predicted molar refractivity (Wildman–Crippen MR) is 102 cm³/mol. The van der Waals surface area contributed by atoms with Crippen LogP contribution < -0.4 is 0 Å². The van der Waals surface area contributed by atoms with E-state index in [0.717, 1.165) is 0 Å². The lowest BCUT2D eigenvalue weighted by Gasteiger charge is -2.25. The summed E-state index contributed by atoms with van der Waals surface area (Å²) in [7, 11) is 0. The van der Waals surface area contributed by atoms with Crippen LogP contribution in [0.3, 0.4) is 0 Å². The van der Waals surface area contributed by atoms with Crippen LogP contribution in [0.25, 0.3) is 0 Å². The molecule has 142 valence electrons. The third-order valence-corrected chi connectivity index (χ3v) is 4.26. The monoisotopic (exact) mass is 368 g/mol. The maximum atomic E-state index is 13.1. The van der Waals surface area contributed by atoms with Crippen molar-refractivity contribution in [1.29, 1.82) is 0 Å². The van der Waals surface area contributed by atoms with E-state index in [4.69, 9.17) is 9.47 Å². The Morgan fingerprint density at radius 1 is 0.852 bits per heavy atom. The summed E-state index contributed by atoms with van der Waals surface area (Å²) in [5, 5.41) is 0. The summed E-state index contributed by atoms with van der Waals surface area (Å²) in [5.41, 5.74) is -0.796. The van der Waals surface area contributed by atoms with Crippen molar-refractivity contribution in [2.45, 2.75) is 20.3 Å². The van der Waals surface area contributed by atoms with Crippen molar-refractivity contribution in [3.63, 3.8) is 0 Å². The first kappa shape index (κ1) is 20.5. The Balaban J connectivity index is 2.25. The molecule has 27 heavy (non-hydrogen) atoms. The Hall–Kier alpha value is -2.79. The van der Waals surface area contributed by atoms with E-state index in [1.54, 1.807) is 60.7 Å². The van der Waals surface area contributed by atoms with Gasteiger partial charge in [-0.3, -0.25) is 14.4 Å². The lowest BCUT2D eigenvalue weighted by molar-refractivity contribution is -0.153. The minimum atomic E-state index is -1.61. The summed E-state index contributed by atoms with van der Waals surface area (Å²) in [6, 6.07) is 17.1. The van der Waals surface area contributed by atoms with E-state index in [1.165, 1.54) is 6.92 Å². The summed E-state index contributed by atoms with van der Waals surface area (Å²) in [6.07, 6.45) is -0.266. The quantitative estimate of drug-likeness (QED) is 0.277. The van der Waals surface area contributed by atoms with Crippen molar-refractivity contribution in [2.24, 2.45) is 5.41 Å². The molecule has 0 saturated carbocycles. The molecule has 2 aromatic carbocycles. The van der Waals surface area contributed by atoms with Crippen LogP contribution in [-0.4, -0.2) is 37.4 Å². The van der Waals surface area contributed by atoms with Gasteiger partial charge in [-0.05, 0) is 13.8 Å². The van der Waals surface area contributed by atoms with Gasteiger partial charge in [0, 0.05) is 24.2 Å². The van der Waals surface area contributed by atoms with Crippen LogP contribution in [0.2, 0.25) is 0 Å². The zero-order valence-corrected chi connectivity index (χ0v) is 15.6. The number of ketones is 2. The minimum Gasteiger partial charge on any atom is -0.462 e. The molecule has 5 heteroatoms. The molecule has 1 atom stereocenters. The molecule has 0 spiro atoms. The SMILES string of the molecule is CCOCCOC(=O)C(C)(CC(=O)c1ccccc1)C(=O)c1ccccc1. The van der Waals surface area contributed by atoms with E-state index in [0.29, 0.717) is 17.7 Å². The first-order valence-corrected chi connectivity index (χ1v) is 8.92. The van der Waals surface area contributed by atoms with Crippen LogP contribution in [0.5, 0.6) is 0 Å². The number of carbonyl (C=O) groups is 3. The summed E-state index contributed by atoms with van der Waals surface area (Å²) in [6.45, 7) is 4.08. The number of esters is 1. The van der Waals surface area contributed by atoms with E-state index >= 15 is 0 Å². The van der Waals surface area contributed by atoms with Gasteiger partial charge in [0.05, 0.1) is 6.61 Å². The highest BCUT2D eigenvalue weighted by atomic mass is 16.6. The largest absolute Gasteiger partial charge is 0.462 e. The van der Waals surface area contributed by atoms with E-state index in [2.05, 4.69) is 0 Å². The molecular weight excluding hydrogens is 344 g/mol. The molecular formula is C22H24O5. The summed E-state index contributed by atoms with van der Waals surface area (Å²) < 4.78 is 10.4. The smallest absolute Gasteiger partial charge is 0.320 e. The molecule has 0 fully saturated rings. The Labute approximate surface area is 159 Å². The Kier molecular flexibility index (Phi) is 7.44. The van der Waals surface area contributed by atoms with E-state index in [-0.39, 0.29) is 25.4 Å². The van der Waals surface area contributed by atoms with Crippen molar-refractivity contribution in [1.82, 2.24) is 0 Å². The van der Waals surface area contributed by atoms with Gasteiger partial charge in [0.1, 0.15) is 12.0 Å². The van der Waals surface area contributed by atoms with Crippen LogP contribution in [0.15, 0.2) is 60.7 Å². The molecule has 1 unspecified atom stereocenters. The van der Waals surface area contributed by atoms with Gasteiger partial charge in [0.2, 0.25) is 0 Å². The van der Waals surface area contributed by atoms with Gasteiger partial charge in [0.15, 0.2) is 11.6 Å². The molecule has 0 bridgehead atoms. The number of Topliss-reactive ketones (excluding diaryl/α,β-unsaturated/α-hetero) is 2. The predicted octanol–water partition coefficient (Wildman–Crippen LogP) is 3.73. The molecule has 0 aromatic heterocycles. The zero-order valence-electron chi connectivity index (χ0n) is 15.6. The highest BCUT2D eigenvalue weighted by molar-refractivity contribution is 6.15. The van der Waals surface area contributed by atoms with Gasteiger partial charge in [-0.15, -0.1) is 0 Å². The minimum absolute atomic E-state index is 0.0316. The lowest BCUT2D eigenvalue weighted by atomic mass is 9.77. The van der Waals surface area contributed by atoms with Crippen LogP contribution >= 0.6 is 0 Å². The highest BCUT2D eigenvalue weighted by Crippen LogP contribution is 2.30. The van der Waals surface area contributed by atoms with Gasteiger partial charge in [-0.2, -0.15) is 0 Å². The molecule has 0 saturated heterocycles. The average molecular weight is 368 g/mol. The third kappa shape index (κ3) is 5.34. The maximum absolute atomic E-state index is 13.1. The molecule has 2 aromatic rings. The number of benzene rings is 2. The van der Waals surface area contributed by atoms with E-state index in [9.17, 15) is 14.4 Å². The first-order valence-electron chi connectivity index (χ1n) is 8.92. The van der Waals surface area contributed by atoms with Crippen molar-refractivity contribution < 1.29 is 23.9 Å². The summed E-state index contributed by atoms with van der Waals surface area (Å²) in [4.78, 5) is 38.5. The maximum Gasteiger partial charge on any atom is 0.320 e. The average Bonchev–Trinajstić information content (AvgIpc) is 2.71. The number of rotatable bonds is 10. The van der Waals surface area contributed by atoms with Crippen molar-refractivity contribution in [3.05, 3.63) is 71.8 Å². The molecule has 5 nitrogen and oxygen atoms in total.